The van der Waals surface area contributed by atoms with Crippen molar-refractivity contribution in [3.05, 3.63) is 42.0 Å². The van der Waals surface area contributed by atoms with Crippen LogP contribution in [0.15, 0.2) is 36.4 Å². The molecule has 0 aromatic heterocycles. The fourth-order valence-electron chi connectivity index (χ4n) is 3.24. The van der Waals surface area contributed by atoms with E-state index in [1.54, 1.807) is 32.9 Å². The molecule has 1 fully saturated rings. The summed E-state index contributed by atoms with van der Waals surface area (Å²) in [5.41, 5.74) is 0.807. The van der Waals surface area contributed by atoms with Gasteiger partial charge in [0, 0.05) is 12.2 Å². The standard InChI is InChI=1S/C23H33N3O4/c1-23(2,3)30-22(29)25-16-21(28)24-15-18-11-7-8-12-19(18)26-20(27)14-13-17-9-5-4-6-10-17/h7-8,11-14,17H,4-6,9-10,15-16H2,1-3H3,(H,24,28)(H,25,29)(H,26,27)/b14-13+. The first-order valence-corrected chi connectivity index (χ1v) is 10.5. The van der Waals surface area contributed by atoms with Gasteiger partial charge >= 0.3 is 6.09 Å². The zero-order valence-electron chi connectivity index (χ0n) is 18.1. The summed E-state index contributed by atoms with van der Waals surface area (Å²) in [5.74, 6) is -0.0402. The molecule has 7 heteroatoms. The van der Waals surface area contributed by atoms with Crippen LogP contribution in [0.25, 0.3) is 0 Å². The number of amides is 3. The highest BCUT2D eigenvalue weighted by molar-refractivity contribution is 5.99. The molecule has 0 spiro atoms. The van der Waals surface area contributed by atoms with E-state index in [9.17, 15) is 14.4 Å². The maximum atomic E-state index is 12.3. The topological polar surface area (TPSA) is 96.5 Å². The maximum Gasteiger partial charge on any atom is 0.408 e. The van der Waals surface area contributed by atoms with Gasteiger partial charge in [0.15, 0.2) is 0 Å². The van der Waals surface area contributed by atoms with Gasteiger partial charge in [-0.2, -0.15) is 0 Å². The normalized spacial score (nSPS) is 14.9. The number of rotatable bonds is 7. The average Bonchev–Trinajstić information content (AvgIpc) is 2.69. The SMILES string of the molecule is CC(C)(C)OC(=O)NCC(=O)NCc1ccccc1NC(=O)/C=C/C1CCCCC1. The van der Waals surface area contributed by atoms with Crippen LogP contribution in [0, 0.1) is 5.92 Å². The molecule has 0 heterocycles. The highest BCUT2D eigenvalue weighted by Crippen LogP contribution is 2.24. The van der Waals surface area contributed by atoms with Crippen LogP contribution in [0.4, 0.5) is 10.5 Å². The molecule has 0 bridgehead atoms. The first-order chi connectivity index (χ1) is 14.2. The van der Waals surface area contributed by atoms with Gasteiger partial charge in [-0.1, -0.05) is 43.5 Å². The van der Waals surface area contributed by atoms with Crippen LogP contribution in [0.5, 0.6) is 0 Å². The van der Waals surface area contributed by atoms with Crippen molar-refractivity contribution < 1.29 is 19.1 Å². The lowest BCUT2D eigenvalue weighted by molar-refractivity contribution is -0.120. The van der Waals surface area contributed by atoms with Crippen LogP contribution in [-0.4, -0.2) is 30.1 Å². The first-order valence-electron chi connectivity index (χ1n) is 10.5. The summed E-state index contributed by atoms with van der Waals surface area (Å²) in [6.45, 7) is 5.30. The third-order valence-corrected chi connectivity index (χ3v) is 4.71. The molecule has 3 amide bonds. The molecule has 164 valence electrons. The fraction of sp³-hybridized carbons (Fsp3) is 0.522. The molecule has 1 aliphatic carbocycles. The summed E-state index contributed by atoms with van der Waals surface area (Å²) in [6, 6.07) is 7.30. The lowest BCUT2D eigenvalue weighted by atomic mass is 9.89. The number of benzene rings is 1. The van der Waals surface area contributed by atoms with E-state index in [0.717, 1.165) is 18.4 Å². The quantitative estimate of drug-likeness (QED) is 0.589. The van der Waals surface area contributed by atoms with Crippen molar-refractivity contribution >= 4 is 23.6 Å². The second-order valence-corrected chi connectivity index (χ2v) is 8.54. The van der Waals surface area contributed by atoms with Gasteiger partial charge in [-0.05, 0) is 57.2 Å². The van der Waals surface area contributed by atoms with E-state index in [4.69, 9.17) is 4.74 Å². The number of nitrogens with one attached hydrogen (secondary N) is 3. The number of para-hydroxylation sites is 1. The van der Waals surface area contributed by atoms with Gasteiger partial charge in [0.2, 0.25) is 11.8 Å². The van der Waals surface area contributed by atoms with Gasteiger partial charge in [-0.15, -0.1) is 0 Å². The Hall–Kier alpha value is -2.83. The minimum absolute atomic E-state index is 0.175. The summed E-state index contributed by atoms with van der Waals surface area (Å²) in [7, 11) is 0. The van der Waals surface area contributed by atoms with Gasteiger partial charge in [0.25, 0.3) is 0 Å². The van der Waals surface area contributed by atoms with Crippen molar-refractivity contribution in [2.24, 2.45) is 5.92 Å². The molecule has 30 heavy (non-hydrogen) atoms. The van der Waals surface area contributed by atoms with Gasteiger partial charge in [0.05, 0.1) is 0 Å². The van der Waals surface area contributed by atoms with Gasteiger partial charge in [0.1, 0.15) is 12.1 Å². The third-order valence-electron chi connectivity index (χ3n) is 4.71. The van der Waals surface area contributed by atoms with Crippen LogP contribution in [0.3, 0.4) is 0 Å². The van der Waals surface area contributed by atoms with Crippen molar-refractivity contribution in [3.8, 4) is 0 Å². The Labute approximate surface area is 178 Å². The summed E-state index contributed by atoms with van der Waals surface area (Å²) < 4.78 is 5.10. The number of anilines is 1. The smallest absolute Gasteiger partial charge is 0.408 e. The minimum atomic E-state index is -0.643. The molecular formula is C23H33N3O4. The van der Waals surface area contributed by atoms with Crippen LogP contribution >= 0.6 is 0 Å². The van der Waals surface area contributed by atoms with E-state index in [1.807, 2.05) is 24.3 Å². The first kappa shape index (κ1) is 23.4. The lowest BCUT2D eigenvalue weighted by Crippen LogP contribution is -2.39. The van der Waals surface area contributed by atoms with E-state index >= 15 is 0 Å². The zero-order valence-corrected chi connectivity index (χ0v) is 18.1. The molecule has 0 unspecified atom stereocenters. The molecule has 1 aromatic carbocycles. The predicted molar refractivity (Wildman–Crippen MR) is 117 cm³/mol. The van der Waals surface area contributed by atoms with E-state index in [2.05, 4.69) is 16.0 Å². The molecule has 2 rings (SSSR count). The van der Waals surface area contributed by atoms with Gasteiger partial charge < -0.3 is 20.7 Å². The van der Waals surface area contributed by atoms with Crippen LogP contribution < -0.4 is 16.0 Å². The van der Waals surface area contributed by atoms with E-state index < -0.39 is 11.7 Å². The molecule has 1 aliphatic rings. The summed E-state index contributed by atoms with van der Waals surface area (Å²) in [4.78, 5) is 35.9. The number of carbonyl (C=O) groups excluding carboxylic acids is 3. The fourth-order valence-corrected chi connectivity index (χ4v) is 3.24. The number of allylic oxidation sites excluding steroid dienone is 1. The van der Waals surface area contributed by atoms with E-state index in [0.29, 0.717) is 11.6 Å². The molecule has 1 aromatic rings. The molecule has 0 aliphatic heterocycles. The van der Waals surface area contributed by atoms with Crippen LogP contribution in [0.2, 0.25) is 0 Å². The van der Waals surface area contributed by atoms with Crippen LogP contribution in [0.1, 0.15) is 58.4 Å². The van der Waals surface area contributed by atoms with Crippen molar-refractivity contribution in [2.75, 3.05) is 11.9 Å². The Morgan fingerprint density at radius 1 is 1.07 bits per heavy atom. The highest BCUT2D eigenvalue weighted by atomic mass is 16.6. The zero-order chi connectivity index (χ0) is 22.0. The van der Waals surface area contributed by atoms with E-state index in [1.165, 1.54) is 19.3 Å². The number of ether oxygens (including phenoxy) is 1. The lowest BCUT2D eigenvalue weighted by Gasteiger charge is -2.19. The molecule has 1 saturated carbocycles. The minimum Gasteiger partial charge on any atom is -0.444 e. The van der Waals surface area contributed by atoms with Gasteiger partial charge in [-0.3, -0.25) is 9.59 Å². The van der Waals surface area contributed by atoms with Crippen molar-refractivity contribution in [2.45, 2.75) is 65.0 Å². The van der Waals surface area contributed by atoms with Crippen molar-refractivity contribution in [3.63, 3.8) is 0 Å². The molecule has 7 nitrogen and oxygen atoms in total. The van der Waals surface area contributed by atoms with Crippen molar-refractivity contribution in [1.29, 1.82) is 0 Å². The Kier molecular flexibility index (Phi) is 8.89. The summed E-state index contributed by atoms with van der Waals surface area (Å²) in [6.07, 6.45) is 8.98. The number of hydrogen-bond donors (Lipinski definition) is 3. The molecular weight excluding hydrogens is 382 g/mol. The number of hydrogen-bond acceptors (Lipinski definition) is 4. The Balaban J connectivity index is 1.81. The summed E-state index contributed by atoms with van der Waals surface area (Å²) in [5, 5.41) is 8.04. The third kappa shape index (κ3) is 9.11. The second-order valence-electron chi connectivity index (χ2n) is 8.54. The van der Waals surface area contributed by atoms with Gasteiger partial charge in [-0.25, -0.2) is 4.79 Å². The van der Waals surface area contributed by atoms with Crippen molar-refractivity contribution in [1.82, 2.24) is 10.6 Å². The summed E-state index contributed by atoms with van der Waals surface area (Å²) >= 11 is 0. The van der Waals surface area contributed by atoms with E-state index in [-0.39, 0.29) is 24.9 Å². The molecule has 0 radical (unpaired) electrons. The number of carbonyl (C=O) groups is 3. The highest BCUT2D eigenvalue weighted by Gasteiger charge is 2.16. The van der Waals surface area contributed by atoms with Crippen LogP contribution in [-0.2, 0) is 20.9 Å². The molecule has 0 saturated heterocycles. The maximum absolute atomic E-state index is 12.3. The molecule has 0 atom stereocenters. The average molecular weight is 416 g/mol. The monoisotopic (exact) mass is 415 g/mol. The second kappa shape index (κ2) is 11.4. The Morgan fingerprint density at radius 3 is 2.47 bits per heavy atom. The Morgan fingerprint density at radius 2 is 1.77 bits per heavy atom. The largest absolute Gasteiger partial charge is 0.444 e. The predicted octanol–water partition coefficient (Wildman–Crippen LogP) is 3.90. The number of alkyl carbamates (subject to hydrolysis) is 1. The molecule has 3 N–H and O–H groups in total. The Bertz CT molecular complexity index is 762.